The minimum atomic E-state index is -0.494. The molecule has 2 atom stereocenters. The summed E-state index contributed by atoms with van der Waals surface area (Å²) in [4.78, 5) is 11.5. The lowest BCUT2D eigenvalue weighted by molar-refractivity contribution is -0.142. The van der Waals surface area contributed by atoms with Gasteiger partial charge in [-0.15, -0.1) is 0 Å². The van der Waals surface area contributed by atoms with E-state index in [0.29, 0.717) is 0 Å². The van der Waals surface area contributed by atoms with Crippen LogP contribution < -0.4 is 4.74 Å². The Morgan fingerprint density at radius 3 is 2.52 bits per heavy atom. The summed E-state index contributed by atoms with van der Waals surface area (Å²) in [5.74, 6) is 0.456. The van der Waals surface area contributed by atoms with Crippen molar-refractivity contribution in [2.75, 3.05) is 14.2 Å². The van der Waals surface area contributed by atoms with Crippen LogP contribution in [0.2, 0.25) is 0 Å². The molecule has 0 amide bonds. The molecule has 4 heteroatoms. The van der Waals surface area contributed by atoms with Gasteiger partial charge in [-0.1, -0.05) is 36.4 Å². The van der Waals surface area contributed by atoms with E-state index < -0.39 is 6.10 Å². The van der Waals surface area contributed by atoms with Gasteiger partial charge in [-0.3, -0.25) is 0 Å². The van der Waals surface area contributed by atoms with Crippen molar-refractivity contribution in [1.29, 1.82) is 0 Å². The van der Waals surface area contributed by atoms with Gasteiger partial charge in [0.2, 0.25) is 0 Å². The highest BCUT2D eigenvalue weighted by Crippen LogP contribution is 2.42. The van der Waals surface area contributed by atoms with Crippen LogP contribution in [0, 0.1) is 0 Å². The first-order valence-corrected chi connectivity index (χ1v) is 6.71. The quantitative estimate of drug-likeness (QED) is 0.639. The first-order chi connectivity index (χ1) is 10.2. The molecule has 3 rings (SSSR count). The van der Waals surface area contributed by atoms with Crippen molar-refractivity contribution in [2.24, 2.45) is 0 Å². The molecule has 1 aliphatic heterocycles. The minimum absolute atomic E-state index is 0.231. The van der Waals surface area contributed by atoms with Gasteiger partial charge in [0.05, 0.1) is 14.2 Å². The van der Waals surface area contributed by atoms with Crippen molar-refractivity contribution in [3.63, 3.8) is 0 Å². The van der Waals surface area contributed by atoms with Crippen LogP contribution in [0.4, 0.5) is 0 Å². The van der Waals surface area contributed by atoms with Crippen LogP contribution in [-0.2, 0) is 14.3 Å². The molecule has 21 heavy (non-hydrogen) atoms. The molecule has 2 unspecified atom stereocenters. The SMILES string of the molecule is COC(=O)C1OC1c1ccc(OC)c(-c2ccccc2)c1. The summed E-state index contributed by atoms with van der Waals surface area (Å²) in [5, 5.41) is 0. The molecule has 4 nitrogen and oxygen atoms in total. The third-order valence-corrected chi connectivity index (χ3v) is 3.56. The Morgan fingerprint density at radius 1 is 1.10 bits per heavy atom. The standard InChI is InChI=1S/C17H16O4/c1-19-14-9-8-12(15-16(21-15)17(18)20-2)10-13(14)11-6-4-3-5-7-11/h3-10,15-16H,1-2H3. The molecule has 0 radical (unpaired) electrons. The van der Waals surface area contributed by atoms with E-state index in [-0.39, 0.29) is 12.1 Å². The normalized spacial score (nSPS) is 19.9. The van der Waals surface area contributed by atoms with E-state index in [9.17, 15) is 4.79 Å². The molecule has 1 aliphatic rings. The molecule has 0 aliphatic carbocycles. The van der Waals surface area contributed by atoms with Crippen LogP contribution in [0.1, 0.15) is 11.7 Å². The first kappa shape index (κ1) is 13.6. The van der Waals surface area contributed by atoms with Crippen molar-refractivity contribution in [2.45, 2.75) is 12.2 Å². The van der Waals surface area contributed by atoms with Gasteiger partial charge in [-0.25, -0.2) is 4.79 Å². The smallest absolute Gasteiger partial charge is 0.338 e. The number of carbonyl (C=O) groups excluding carboxylic acids is 1. The average Bonchev–Trinajstić information content (AvgIpc) is 3.35. The van der Waals surface area contributed by atoms with E-state index in [4.69, 9.17) is 14.2 Å². The highest BCUT2D eigenvalue weighted by molar-refractivity contribution is 5.79. The number of epoxide rings is 1. The van der Waals surface area contributed by atoms with Crippen molar-refractivity contribution in [3.05, 3.63) is 54.1 Å². The summed E-state index contributed by atoms with van der Waals surface area (Å²) >= 11 is 0. The summed E-state index contributed by atoms with van der Waals surface area (Å²) < 4.78 is 15.5. The van der Waals surface area contributed by atoms with E-state index in [0.717, 1.165) is 22.4 Å². The third kappa shape index (κ3) is 2.62. The zero-order chi connectivity index (χ0) is 14.8. The van der Waals surface area contributed by atoms with Gasteiger partial charge in [-0.05, 0) is 23.3 Å². The molecule has 1 saturated heterocycles. The van der Waals surface area contributed by atoms with Gasteiger partial charge in [0.1, 0.15) is 11.9 Å². The number of esters is 1. The summed E-state index contributed by atoms with van der Waals surface area (Å²) in [5.41, 5.74) is 2.99. The number of carbonyl (C=O) groups is 1. The van der Waals surface area contributed by atoms with Crippen molar-refractivity contribution in [3.8, 4) is 16.9 Å². The third-order valence-electron chi connectivity index (χ3n) is 3.56. The molecule has 1 fully saturated rings. The topological polar surface area (TPSA) is 48.1 Å². The maximum atomic E-state index is 11.5. The fourth-order valence-corrected chi connectivity index (χ4v) is 2.41. The Balaban J connectivity index is 1.94. The Hall–Kier alpha value is -2.33. The molecule has 0 spiro atoms. The van der Waals surface area contributed by atoms with Crippen molar-refractivity contribution >= 4 is 5.97 Å². The minimum Gasteiger partial charge on any atom is -0.496 e. The maximum absolute atomic E-state index is 11.5. The second-order valence-electron chi connectivity index (χ2n) is 4.83. The Morgan fingerprint density at radius 2 is 1.86 bits per heavy atom. The lowest BCUT2D eigenvalue weighted by Crippen LogP contribution is -2.09. The van der Waals surface area contributed by atoms with Crippen LogP contribution in [0.25, 0.3) is 11.1 Å². The van der Waals surface area contributed by atoms with Gasteiger partial charge >= 0.3 is 5.97 Å². The second-order valence-corrected chi connectivity index (χ2v) is 4.83. The molecule has 2 aromatic carbocycles. The predicted molar refractivity (Wildman–Crippen MR) is 78.1 cm³/mol. The molecule has 2 aromatic rings. The molecule has 0 saturated carbocycles. The zero-order valence-corrected chi connectivity index (χ0v) is 11.9. The zero-order valence-electron chi connectivity index (χ0n) is 11.9. The van der Waals surface area contributed by atoms with E-state index in [1.54, 1.807) is 7.11 Å². The van der Waals surface area contributed by atoms with Crippen LogP contribution in [0.5, 0.6) is 5.75 Å². The fourth-order valence-electron chi connectivity index (χ4n) is 2.41. The monoisotopic (exact) mass is 284 g/mol. The van der Waals surface area contributed by atoms with Crippen LogP contribution in [0.15, 0.2) is 48.5 Å². The summed E-state index contributed by atoms with van der Waals surface area (Å²) in [6.45, 7) is 0. The lowest BCUT2D eigenvalue weighted by Gasteiger charge is -2.10. The number of ether oxygens (including phenoxy) is 3. The summed E-state index contributed by atoms with van der Waals surface area (Å²) in [7, 11) is 3.01. The van der Waals surface area contributed by atoms with E-state index in [1.165, 1.54) is 7.11 Å². The van der Waals surface area contributed by atoms with Crippen molar-refractivity contribution < 1.29 is 19.0 Å². The second kappa shape index (κ2) is 5.58. The van der Waals surface area contributed by atoms with Crippen molar-refractivity contribution in [1.82, 2.24) is 0 Å². The van der Waals surface area contributed by atoms with Gasteiger partial charge < -0.3 is 14.2 Å². The maximum Gasteiger partial charge on any atom is 0.338 e. The molecule has 108 valence electrons. The lowest BCUT2D eigenvalue weighted by atomic mass is 10.00. The predicted octanol–water partition coefficient (Wildman–Crippen LogP) is 2.98. The first-order valence-electron chi connectivity index (χ1n) is 6.71. The summed E-state index contributed by atoms with van der Waals surface area (Å²) in [6.07, 6.45) is -0.724. The van der Waals surface area contributed by atoms with E-state index >= 15 is 0 Å². The molecule has 1 heterocycles. The largest absolute Gasteiger partial charge is 0.496 e. The number of benzene rings is 2. The number of rotatable bonds is 4. The van der Waals surface area contributed by atoms with Crippen LogP contribution in [-0.4, -0.2) is 26.3 Å². The molecule has 0 N–H and O–H groups in total. The highest BCUT2D eigenvalue weighted by Gasteiger charge is 2.47. The number of hydrogen-bond donors (Lipinski definition) is 0. The van der Waals surface area contributed by atoms with E-state index in [1.807, 2.05) is 48.5 Å². The number of hydrogen-bond acceptors (Lipinski definition) is 4. The average molecular weight is 284 g/mol. The van der Waals surface area contributed by atoms with Crippen LogP contribution in [0.3, 0.4) is 0 Å². The molecule has 0 aromatic heterocycles. The molecular weight excluding hydrogens is 268 g/mol. The van der Waals surface area contributed by atoms with Gasteiger partial charge in [0.25, 0.3) is 0 Å². The van der Waals surface area contributed by atoms with Crippen LogP contribution >= 0.6 is 0 Å². The number of methoxy groups -OCH3 is 2. The Kier molecular flexibility index (Phi) is 3.62. The van der Waals surface area contributed by atoms with Gasteiger partial charge in [0.15, 0.2) is 6.10 Å². The van der Waals surface area contributed by atoms with E-state index in [2.05, 4.69) is 0 Å². The highest BCUT2D eigenvalue weighted by atomic mass is 16.6. The Bertz CT molecular complexity index is 651. The fraction of sp³-hybridized carbons (Fsp3) is 0.235. The molecule has 0 bridgehead atoms. The molecular formula is C17H16O4. The summed E-state index contributed by atoms with van der Waals surface area (Å²) in [6, 6.07) is 15.8. The van der Waals surface area contributed by atoms with Gasteiger partial charge in [0, 0.05) is 5.56 Å². The Labute approximate surface area is 123 Å². The van der Waals surface area contributed by atoms with Gasteiger partial charge in [-0.2, -0.15) is 0 Å².